The maximum Gasteiger partial charge on any atom is 0.220 e. The van der Waals surface area contributed by atoms with Gasteiger partial charge in [0, 0.05) is 6.42 Å². The third-order valence-electron chi connectivity index (χ3n) is 8.87. The zero-order chi connectivity index (χ0) is 32.9. The molecule has 0 bridgehead atoms. The minimum atomic E-state index is -0.832. The summed E-state index contributed by atoms with van der Waals surface area (Å²) in [6, 6.07) is -0.615. The van der Waals surface area contributed by atoms with E-state index in [2.05, 4.69) is 43.5 Å². The lowest BCUT2D eigenvalue weighted by Crippen LogP contribution is -2.45. The largest absolute Gasteiger partial charge is 0.394 e. The third-order valence-corrected chi connectivity index (χ3v) is 8.87. The highest BCUT2D eigenvalue weighted by Gasteiger charge is 2.17. The van der Waals surface area contributed by atoms with Gasteiger partial charge in [-0.1, -0.05) is 185 Å². The predicted molar refractivity (Wildman–Crippen MR) is 198 cm³/mol. The summed E-state index contributed by atoms with van der Waals surface area (Å²) in [6.45, 7) is 4.16. The predicted octanol–water partition coefficient (Wildman–Crippen LogP) is 11.8. The van der Waals surface area contributed by atoms with E-state index in [0.717, 1.165) is 38.5 Å². The number of hydrogen-bond donors (Lipinski definition) is 3. The minimum absolute atomic E-state index is 0.0732. The molecule has 2 unspecified atom stereocenters. The molecule has 0 spiro atoms. The molecule has 4 heteroatoms. The molecule has 0 aromatic carbocycles. The van der Waals surface area contributed by atoms with Crippen molar-refractivity contribution in [1.82, 2.24) is 5.32 Å². The molecule has 0 aliphatic rings. The summed E-state index contributed by atoms with van der Waals surface area (Å²) < 4.78 is 0. The van der Waals surface area contributed by atoms with Crippen molar-refractivity contribution in [2.75, 3.05) is 6.61 Å². The van der Waals surface area contributed by atoms with Gasteiger partial charge in [0.1, 0.15) is 0 Å². The average molecular weight is 632 g/mol. The SMILES string of the molecule is CCCC/C=C/C(O)C(CO)NC(=O)CCCCCCCCCCCCCCCCCCC/C=C\C/C=C\CCCCCCC. The first-order valence-electron chi connectivity index (χ1n) is 19.7. The lowest BCUT2D eigenvalue weighted by molar-refractivity contribution is -0.123. The van der Waals surface area contributed by atoms with Crippen molar-refractivity contribution >= 4 is 5.91 Å². The number of rotatable bonds is 35. The number of aliphatic hydroxyl groups excluding tert-OH is 2. The molecular formula is C41H77NO3. The molecule has 3 N–H and O–H groups in total. The van der Waals surface area contributed by atoms with Crippen molar-refractivity contribution in [2.45, 2.75) is 212 Å². The molecule has 0 radical (unpaired) electrons. The summed E-state index contributed by atoms with van der Waals surface area (Å²) in [5.74, 6) is -0.0732. The molecule has 264 valence electrons. The van der Waals surface area contributed by atoms with Crippen molar-refractivity contribution < 1.29 is 15.0 Å². The molecule has 0 aliphatic carbocycles. The Morgan fingerprint density at radius 2 is 0.933 bits per heavy atom. The van der Waals surface area contributed by atoms with E-state index in [1.54, 1.807) is 6.08 Å². The van der Waals surface area contributed by atoms with Gasteiger partial charge in [-0.05, 0) is 44.9 Å². The topological polar surface area (TPSA) is 69.6 Å². The number of carbonyl (C=O) groups excluding carboxylic acids is 1. The molecule has 0 heterocycles. The number of hydrogen-bond acceptors (Lipinski definition) is 3. The van der Waals surface area contributed by atoms with Crippen LogP contribution in [0, 0.1) is 0 Å². The quantitative estimate of drug-likeness (QED) is 0.0481. The number of nitrogens with one attached hydrogen (secondary N) is 1. The molecule has 0 rings (SSSR count). The van der Waals surface area contributed by atoms with E-state index >= 15 is 0 Å². The highest BCUT2D eigenvalue weighted by molar-refractivity contribution is 5.76. The van der Waals surface area contributed by atoms with Crippen molar-refractivity contribution in [1.29, 1.82) is 0 Å². The van der Waals surface area contributed by atoms with Gasteiger partial charge in [-0.2, -0.15) is 0 Å². The Hall–Kier alpha value is -1.39. The van der Waals surface area contributed by atoms with Gasteiger partial charge in [0.15, 0.2) is 0 Å². The van der Waals surface area contributed by atoms with Gasteiger partial charge >= 0.3 is 0 Å². The highest BCUT2D eigenvalue weighted by atomic mass is 16.3. The van der Waals surface area contributed by atoms with Gasteiger partial charge < -0.3 is 15.5 Å². The van der Waals surface area contributed by atoms with Gasteiger partial charge in [0.05, 0.1) is 18.8 Å². The van der Waals surface area contributed by atoms with Crippen LogP contribution in [-0.4, -0.2) is 34.9 Å². The second-order valence-electron chi connectivity index (χ2n) is 13.3. The number of unbranched alkanes of at least 4 members (excludes halogenated alkanes) is 24. The van der Waals surface area contributed by atoms with Gasteiger partial charge in [0.2, 0.25) is 5.91 Å². The van der Waals surface area contributed by atoms with E-state index in [1.165, 1.54) is 141 Å². The molecule has 2 atom stereocenters. The maximum atomic E-state index is 12.2. The summed E-state index contributed by atoms with van der Waals surface area (Å²) in [6.07, 6.45) is 48.7. The molecular weight excluding hydrogens is 554 g/mol. The van der Waals surface area contributed by atoms with Gasteiger partial charge in [-0.3, -0.25) is 4.79 Å². The van der Waals surface area contributed by atoms with Gasteiger partial charge in [0.25, 0.3) is 0 Å². The molecule has 45 heavy (non-hydrogen) atoms. The highest BCUT2D eigenvalue weighted by Crippen LogP contribution is 2.15. The first kappa shape index (κ1) is 43.6. The Morgan fingerprint density at radius 1 is 0.533 bits per heavy atom. The molecule has 0 saturated carbocycles. The summed E-state index contributed by atoms with van der Waals surface area (Å²) >= 11 is 0. The fraction of sp³-hybridized carbons (Fsp3) is 0.829. The molecule has 1 amide bonds. The first-order valence-corrected chi connectivity index (χ1v) is 19.7. The summed E-state index contributed by atoms with van der Waals surface area (Å²) in [7, 11) is 0. The fourth-order valence-corrected chi connectivity index (χ4v) is 5.78. The van der Waals surface area contributed by atoms with E-state index in [9.17, 15) is 15.0 Å². The molecule has 4 nitrogen and oxygen atoms in total. The van der Waals surface area contributed by atoms with E-state index in [-0.39, 0.29) is 12.5 Å². The zero-order valence-corrected chi connectivity index (χ0v) is 30.1. The average Bonchev–Trinajstić information content (AvgIpc) is 3.04. The second-order valence-corrected chi connectivity index (χ2v) is 13.3. The van der Waals surface area contributed by atoms with Crippen LogP contribution in [-0.2, 0) is 4.79 Å². The molecule has 0 aliphatic heterocycles. The number of carbonyl (C=O) groups is 1. The van der Waals surface area contributed by atoms with Crippen molar-refractivity contribution in [3.8, 4) is 0 Å². The first-order chi connectivity index (χ1) is 22.2. The monoisotopic (exact) mass is 632 g/mol. The molecule has 0 aromatic rings. The zero-order valence-electron chi connectivity index (χ0n) is 30.1. The van der Waals surface area contributed by atoms with Crippen molar-refractivity contribution in [3.63, 3.8) is 0 Å². The van der Waals surface area contributed by atoms with Crippen LogP contribution in [0.2, 0.25) is 0 Å². The maximum absolute atomic E-state index is 12.2. The Bertz CT molecular complexity index is 686. The van der Waals surface area contributed by atoms with E-state index in [0.29, 0.717) is 6.42 Å². The van der Waals surface area contributed by atoms with Crippen LogP contribution in [0.3, 0.4) is 0 Å². The van der Waals surface area contributed by atoms with E-state index in [4.69, 9.17) is 0 Å². The lowest BCUT2D eigenvalue weighted by atomic mass is 10.0. The summed E-state index contributed by atoms with van der Waals surface area (Å²) in [5.41, 5.74) is 0. The van der Waals surface area contributed by atoms with Crippen LogP contribution < -0.4 is 5.32 Å². The van der Waals surface area contributed by atoms with Crippen LogP contribution in [0.4, 0.5) is 0 Å². The van der Waals surface area contributed by atoms with Crippen LogP contribution in [0.1, 0.15) is 200 Å². The van der Waals surface area contributed by atoms with E-state index in [1.807, 2.05) is 6.08 Å². The normalized spacial score (nSPS) is 13.4. The number of allylic oxidation sites excluding steroid dienone is 5. The second kappa shape index (κ2) is 37.1. The molecule has 0 saturated heterocycles. The van der Waals surface area contributed by atoms with Crippen LogP contribution in [0.15, 0.2) is 36.5 Å². The Kier molecular flexibility index (Phi) is 35.9. The van der Waals surface area contributed by atoms with Crippen LogP contribution in [0.5, 0.6) is 0 Å². The van der Waals surface area contributed by atoms with Gasteiger partial charge in [-0.15, -0.1) is 0 Å². The van der Waals surface area contributed by atoms with E-state index < -0.39 is 12.1 Å². The lowest BCUT2D eigenvalue weighted by Gasteiger charge is -2.19. The number of aliphatic hydroxyl groups is 2. The number of amides is 1. The third kappa shape index (κ3) is 33.8. The van der Waals surface area contributed by atoms with Crippen LogP contribution >= 0.6 is 0 Å². The summed E-state index contributed by atoms with van der Waals surface area (Å²) in [4.78, 5) is 12.2. The standard InChI is InChI=1S/C41H77NO3/c1-3-5-7-9-10-11-12-13-14-15-16-17-18-19-20-21-22-23-24-25-26-27-28-29-30-31-32-33-35-37-41(45)42-39(38-43)40(44)36-34-8-6-4-2/h12-13,15-16,34,36,39-40,43-44H,3-11,14,17-33,35,37-38H2,1-2H3,(H,42,45)/b13-12-,16-15-,36-34+. The fourth-order valence-electron chi connectivity index (χ4n) is 5.78. The van der Waals surface area contributed by atoms with Crippen molar-refractivity contribution in [2.24, 2.45) is 0 Å². The minimum Gasteiger partial charge on any atom is -0.394 e. The smallest absolute Gasteiger partial charge is 0.220 e. The Balaban J connectivity index is 3.37. The molecule has 0 aromatic heterocycles. The van der Waals surface area contributed by atoms with Gasteiger partial charge in [-0.25, -0.2) is 0 Å². The van der Waals surface area contributed by atoms with Crippen molar-refractivity contribution in [3.05, 3.63) is 36.5 Å². The Morgan fingerprint density at radius 3 is 1.38 bits per heavy atom. The molecule has 0 fully saturated rings. The Labute approximate surface area is 281 Å². The van der Waals surface area contributed by atoms with Crippen LogP contribution in [0.25, 0.3) is 0 Å². The summed E-state index contributed by atoms with van der Waals surface area (Å²) in [5, 5.41) is 22.5.